The Morgan fingerprint density at radius 2 is 1.62 bits per heavy atom. The fourth-order valence-corrected chi connectivity index (χ4v) is 4.05. The van der Waals surface area contributed by atoms with Crippen LogP contribution in [0.5, 0.6) is 0 Å². The lowest BCUT2D eigenvalue weighted by molar-refractivity contribution is -0.122. The number of hydrogen-bond donors (Lipinski definition) is 1. The normalized spacial score (nSPS) is 17.1. The van der Waals surface area contributed by atoms with Crippen LogP contribution in [0.15, 0.2) is 54.6 Å². The molecule has 1 saturated heterocycles. The van der Waals surface area contributed by atoms with Crippen LogP contribution in [-0.2, 0) is 10.2 Å². The van der Waals surface area contributed by atoms with Crippen LogP contribution in [0.25, 0.3) is 0 Å². The standard InChI is InChI=1S/C25H35N3O/c1-20-10-12-21(13-11-20)23(28-16-14-27(4)15-17-28)19-26-24(29)18-25(2,3)22-8-6-5-7-9-22/h5-13,23H,14-19H2,1-4H3,(H,26,29). The first kappa shape index (κ1) is 21.5. The first-order chi connectivity index (χ1) is 13.8. The monoisotopic (exact) mass is 393 g/mol. The summed E-state index contributed by atoms with van der Waals surface area (Å²) in [7, 11) is 2.17. The molecule has 0 bridgehead atoms. The van der Waals surface area contributed by atoms with E-state index in [-0.39, 0.29) is 17.4 Å². The van der Waals surface area contributed by atoms with Gasteiger partial charge in [-0.05, 0) is 30.5 Å². The Hall–Kier alpha value is -2.17. The maximum absolute atomic E-state index is 12.8. The van der Waals surface area contributed by atoms with Crippen LogP contribution in [0.3, 0.4) is 0 Å². The molecule has 1 unspecified atom stereocenters. The van der Waals surface area contributed by atoms with Gasteiger partial charge in [-0.2, -0.15) is 0 Å². The van der Waals surface area contributed by atoms with Gasteiger partial charge in [0.25, 0.3) is 0 Å². The molecule has 4 heteroatoms. The maximum Gasteiger partial charge on any atom is 0.220 e. The summed E-state index contributed by atoms with van der Waals surface area (Å²) >= 11 is 0. The highest BCUT2D eigenvalue weighted by Gasteiger charge is 2.27. The van der Waals surface area contributed by atoms with E-state index in [0.29, 0.717) is 13.0 Å². The van der Waals surface area contributed by atoms with Crippen molar-refractivity contribution in [2.75, 3.05) is 39.8 Å². The second-order valence-corrected chi connectivity index (χ2v) is 9.00. The highest BCUT2D eigenvalue weighted by atomic mass is 16.1. The van der Waals surface area contributed by atoms with Crippen molar-refractivity contribution in [1.82, 2.24) is 15.1 Å². The van der Waals surface area contributed by atoms with Gasteiger partial charge in [-0.3, -0.25) is 9.69 Å². The Morgan fingerprint density at radius 3 is 2.24 bits per heavy atom. The van der Waals surface area contributed by atoms with Crippen molar-refractivity contribution in [2.24, 2.45) is 0 Å². The Balaban J connectivity index is 1.66. The van der Waals surface area contributed by atoms with Crippen LogP contribution in [0.1, 0.15) is 43.0 Å². The summed E-state index contributed by atoms with van der Waals surface area (Å²) in [6.45, 7) is 11.2. The molecule has 1 atom stereocenters. The molecule has 3 rings (SSSR count). The van der Waals surface area contributed by atoms with Gasteiger partial charge in [0.05, 0.1) is 6.04 Å². The highest BCUT2D eigenvalue weighted by molar-refractivity contribution is 5.77. The zero-order chi connectivity index (χ0) is 20.9. The number of aryl methyl sites for hydroxylation is 1. The van der Waals surface area contributed by atoms with Crippen LogP contribution in [0.4, 0.5) is 0 Å². The predicted molar refractivity (Wildman–Crippen MR) is 120 cm³/mol. The molecule has 0 radical (unpaired) electrons. The van der Waals surface area contributed by atoms with Gasteiger partial charge in [0.2, 0.25) is 5.91 Å². The third-order valence-corrected chi connectivity index (χ3v) is 6.09. The topological polar surface area (TPSA) is 35.6 Å². The molecular weight excluding hydrogens is 358 g/mol. The van der Waals surface area contributed by atoms with Crippen LogP contribution in [0.2, 0.25) is 0 Å². The average molecular weight is 394 g/mol. The minimum atomic E-state index is -0.182. The van der Waals surface area contributed by atoms with Gasteiger partial charge in [0, 0.05) is 39.1 Å². The molecule has 1 heterocycles. The minimum Gasteiger partial charge on any atom is -0.354 e. The van der Waals surface area contributed by atoms with E-state index >= 15 is 0 Å². The molecule has 1 fully saturated rings. The zero-order valence-electron chi connectivity index (χ0n) is 18.3. The van der Waals surface area contributed by atoms with Crippen molar-refractivity contribution in [2.45, 2.75) is 38.6 Å². The van der Waals surface area contributed by atoms with Crippen molar-refractivity contribution in [1.29, 1.82) is 0 Å². The molecule has 0 spiro atoms. The second-order valence-electron chi connectivity index (χ2n) is 9.00. The van der Waals surface area contributed by atoms with Gasteiger partial charge < -0.3 is 10.2 Å². The molecule has 1 N–H and O–H groups in total. The van der Waals surface area contributed by atoms with Crippen molar-refractivity contribution >= 4 is 5.91 Å². The van der Waals surface area contributed by atoms with E-state index < -0.39 is 0 Å². The average Bonchev–Trinajstić information content (AvgIpc) is 2.71. The number of piperazine rings is 1. The van der Waals surface area contributed by atoms with Crippen molar-refractivity contribution in [3.05, 3.63) is 71.3 Å². The van der Waals surface area contributed by atoms with E-state index in [4.69, 9.17) is 0 Å². The molecular formula is C25H35N3O. The number of nitrogens with zero attached hydrogens (tertiary/aromatic N) is 2. The largest absolute Gasteiger partial charge is 0.354 e. The third-order valence-electron chi connectivity index (χ3n) is 6.09. The Morgan fingerprint density at radius 1 is 1.00 bits per heavy atom. The lowest BCUT2D eigenvalue weighted by Crippen LogP contribution is -2.48. The molecule has 0 aliphatic carbocycles. The second kappa shape index (κ2) is 9.55. The van der Waals surface area contributed by atoms with E-state index in [2.05, 4.69) is 79.3 Å². The Labute approximate surface area is 175 Å². The van der Waals surface area contributed by atoms with Gasteiger partial charge in [0.1, 0.15) is 0 Å². The van der Waals surface area contributed by atoms with Crippen molar-refractivity contribution in [3.63, 3.8) is 0 Å². The van der Waals surface area contributed by atoms with E-state index in [0.717, 1.165) is 26.2 Å². The number of nitrogens with one attached hydrogen (secondary N) is 1. The quantitative estimate of drug-likeness (QED) is 0.778. The van der Waals surface area contributed by atoms with Gasteiger partial charge in [-0.25, -0.2) is 0 Å². The Kier molecular flexibility index (Phi) is 7.09. The molecule has 0 aromatic heterocycles. The lowest BCUT2D eigenvalue weighted by Gasteiger charge is -2.38. The number of amides is 1. The van der Waals surface area contributed by atoms with Crippen LogP contribution in [-0.4, -0.2) is 55.5 Å². The number of likely N-dealkylation sites (N-methyl/N-ethyl adjacent to an activating group) is 1. The smallest absolute Gasteiger partial charge is 0.220 e. The number of benzene rings is 2. The molecule has 4 nitrogen and oxygen atoms in total. The van der Waals surface area contributed by atoms with Crippen molar-refractivity contribution < 1.29 is 4.79 Å². The molecule has 1 aliphatic rings. The van der Waals surface area contributed by atoms with Gasteiger partial charge in [0.15, 0.2) is 0 Å². The van der Waals surface area contributed by atoms with Gasteiger partial charge in [-0.15, -0.1) is 0 Å². The zero-order valence-corrected chi connectivity index (χ0v) is 18.3. The van der Waals surface area contributed by atoms with E-state index in [1.807, 2.05) is 18.2 Å². The summed E-state index contributed by atoms with van der Waals surface area (Å²) in [5, 5.41) is 3.24. The molecule has 2 aromatic carbocycles. The SMILES string of the molecule is Cc1ccc(C(CNC(=O)CC(C)(C)c2ccccc2)N2CCN(C)CC2)cc1. The van der Waals surface area contributed by atoms with E-state index in [9.17, 15) is 4.79 Å². The van der Waals surface area contributed by atoms with Gasteiger partial charge in [-0.1, -0.05) is 74.0 Å². The third kappa shape index (κ3) is 5.91. The molecule has 2 aromatic rings. The summed E-state index contributed by atoms with van der Waals surface area (Å²) in [5.41, 5.74) is 3.56. The number of rotatable bonds is 7. The predicted octanol–water partition coefficient (Wildman–Crippen LogP) is 3.77. The molecule has 0 saturated carbocycles. The maximum atomic E-state index is 12.8. The summed E-state index contributed by atoms with van der Waals surface area (Å²) in [4.78, 5) is 17.7. The molecule has 156 valence electrons. The van der Waals surface area contributed by atoms with Crippen LogP contribution in [0, 0.1) is 6.92 Å². The number of carbonyl (C=O) groups excluding carboxylic acids is 1. The number of hydrogen-bond acceptors (Lipinski definition) is 3. The Bertz CT molecular complexity index is 777. The summed E-state index contributed by atoms with van der Waals surface area (Å²) in [6, 6.07) is 19.3. The summed E-state index contributed by atoms with van der Waals surface area (Å²) in [6.07, 6.45) is 0.486. The summed E-state index contributed by atoms with van der Waals surface area (Å²) in [5.74, 6) is 0.116. The lowest BCUT2D eigenvalue weighted by atomic mass is 9.81. The molecule has 29 heavy (non-hydrogen) atoms. The first-order valence-corrected chi connectivity index (χ1v) is 10.7. The fourth-order valence-electron chi connectivity index (χ4n) is 4.05. The highest BCUT2D eigenvalue weighted by Crippen LogP contribution is 2.27. The first-order valence-electron chi connectivity index (χ1n) is 10.7. The molecule has 1 amide bonds. The van der Waals surface area contributed by atoms with Crippen LogP contribution < -0.4 is 5.32 Å². The van der Waals surface area contributed by atoms with Gasteiger partial charge >= 0.3 is 0 Å². The fraction of sp³-hybridized carbons (Fsp3) is 0.480. The van der Waals surface area contributed by atoms with Crippen LogP contribution >= 0.6 is 0 Å². The summed E-state index contributed by atoms with van der Waals surface area (Å²) < 4.78 is 0. The molecule has 1 aliphatic heterocycles. The van der Waals surface area contributed by atoms with E-state index in [1.165, 1.54) is 16.7 Å². The minimum absolute atomic E-state index is 0.116. The van der Waals surface area contributed by atoms with Crippen molar-refractivity contribution in [3.8, 4) is 0 Å². The number of carbonyl (C=O) groups is 1. The van der Waals surface area contributed by atoms with E-state index in [1.54, 1.807) is 0 Å².